The minimum Gasteiger partial charge on any atom is -0.480 e. The van der Waals surface area contributed by atoms with Crippen LogP contribution in [0, 0.1) is 11.8 Å². The molecule has 3 N–H and O–H groups in total. The number of tetrazole rings is 1. The monoisotopic (exact) mass is 280 g/mol. The van der Waals surface area contributed by atoms with Crippen LogP contribution in [0.25, 0.3) is 0 Å². The highest BCUT2D eigenvalue weighted by Gasteiger charge is 2.39. The predicted molar refractivity (Wildman–Crippen MR) is 71.2 cm³/mol. The summed E-state index contributed by atoms with van der Waals surface area (Å²) in [7, 11) is 1.98. The summed E-state index contributed by atoms with van der Waals surface area (Å²) < 4.78 is 0. The molecule has 1 saturated heterocycles. The number of rotatable bonds is 3. The fraction of sp³-hybridized carbons (Fsp3) is 0.833. The first-order valence-electron chi connectivity index (χ1n) is 7.07. The number of piperidine rings is 1. The van der Waals surface area contributed by atoms with Crippen molar-refractivity contribution >= 4 is 11.9 Å². The van der Waals surface area contributed by atoms with Gasteiger partial charge in [0.05, 0.1) is 0 Å². The molecule has 8 heteroatoms. The molecule has 0 radical (unpaired) electrons. The molecule has 0 spiro atoms. The van der Waals surface area contributed by atoms with Crippen LogP contribution in [0.4, 0.5) is 5.95 Å². The molecule has 110 valence electrons. The molecule has 1 aromatic rings. The van der Waals surface area contributed by atoms with Crippen LogP contribution in [0.15, 0.2) is 0 Å². The van der Waals surface area contributed by atoms with Crippen LogP contribution in [0.3, 0.4) is 0 Å². The molecule has 0 aromatic carbocycles. The SMILES string of the molecule is CN(c1nn[nH]n1)[C@@H]1CC[C@@H]2CN[C@@H](C(=O)O)C[C@@H]2C1. The van der Waals surface area contributed by atoms with Crippen molar-refractivity contribution in [1.29, 1.82) is 0 Å². The molecule has 1 aliphatic carbocycles. The number of anilines is 1. The molecule has 2 heterocycles. The largest absolute Gasteiger partial charge is 0.480 e. The van der Waals surface area contributed by atoms with Crippen molar-refractivity contribution in [2.75, 3.05) is 18.5 Å². The fourth-order valence-electron chi connectivity index (χ4n) is 3.55. The van der Waals surface area contributed by atoms with Gasteiger partial charge in [0.1, 0.15) is 6.04 Å². The molecule has 1 aromatic heterocycles. The van der Waals surface area contributed by atoms with Gasteiger partial charge < -0.3 is 15.3 Å². The van der Waals surface area contributed by atoms with Crippen molar-refractivity contribution < 1.29 is 9.90 Å². The lowest BCUT2D eigenvalue weighted by molar-refractivity contribution is -0.141. The third-order valence-electron chi connectivity index (χ3n) is 4.77. The van der Waals surface area contributed by atoms with E-state index in [2.05, 4.69) is 30.8 Å². The summed E-state index contributed by atoms with van der Waals surface area (Å²) in [5, 5.41) is 26.4. The number of aliphatic carboxylic acids is 1. The van der Waals surface area contributed by atoms with Crippen molar-refractivity contribution in [3.63, 3.8) is 0 Å². The van der Waals surface area contributed by atoms with Crippen molar-refractivity contribution in [3.05, 3.63) is 0 Å². The van der Waals surface area contributed by atoms with Gasteiger partial charge in [0.15, 0.2) is 0 Å². The second-order valence-corrected chi connectivity index (χ2v) is 5.84. The Balaban J connectivity index is 1.65. The van der Waals surface area contributed by atoms with E-state index < -0.39 is 12.0 Å². The van der Waals surface area contributed by atoms with Gasteiger partial charge in [-0.2, -0.15) is 5.21 Å². The van der Waals surface area contributed by atoms with Gasteiger partial charge in [-0.15, -0.1) is 5.10 Å². The number of H-pyrrole nitrogens is 1. The molecule has 0 amide bonds. The average molecular weight is 280 g/mol. The number of carboxylic acids is 1. The maximum atomic E-state index is 11.1. The van der Waals surface area contributed by atoms with Crippen molar-refractivity contribution in [2.45, 2.75) is 37.8 Å². The molecule has 2 aliphatic rings. The van der Waals surface area contributed by atoms with E-state index in [-0.39, 0.29) is 0 Å². The van der Waals surface area contributed by atoms with E-state index in [1.807, 2.05) is 7.05 Å². The minimum atomic E-state index is -0.739. The Morgan fingerprint density at radius 2 is 2.20 bits per heavy atom. The molecule has 20 heavy (non-hydrogen) atoms. The lowest BCUT2D eigenvalue weighted by Crippen LogP contribution is -2.51. The Labute approximate surface area is 116 Å². The lowest BCUT2D eigenvalue weighted by atomic mass is 9.71. The molecule has 0 bridgehead atoms. The third-order valence-corrected chi connectivity index (χ3v) is 4.77. The molecule has 3 rings (SSSR count). The Hall–Kier alpha value is -1.70. The first kappa shape index (κ1) is 13.3. The summed E-state index contributed by atoms with van der Waals surface area (Å²) in [5.41, 5.74) is 0. The molecule has 1 aliphatic heterocycles. The number of hydrogen-bond acceptors (Lipinski definition) is 6. The molecular formula is C12H20N6O2. The zero-order chi connectivity index (χ0) is 14.1. The van der Waals surface area contributed by atoms with Crippen LogP contribution in [0.2, 0.25) is 0 Å². The van der Waals surface area contributed by atoms with Crippen LogP contribution < -0.4 is 10.2 Å². The van der Waals surface area contributed by atoms with Crippen molar-refractivity contribution in [1.82, 2.24) is 25.9 Å². The van der Waals surface area contributed by atoms with Gasteiger partial charge in [0.25, 0.3) is 5.95 Å². The number of nitrogens with zero attached hydrogens (tertiary/aromatic N) is 4. The molecule has 4 atom stereocenters. The Morgan fingerprint density at radius 3 is 2.90 bits per heavy atom. The van der Waals surface area contributed by atoms with Gasteiger partial charge in [0.2, 0.25) is 0 Å². The van der Waals surface area contributed by atoms with Crippen molar-refractivity contribution in [2.24, 2.45) is 11.8 Å². The first-order chi connectivity index (χ1) is 9.65. The number of nitrogens with one attached hydrogen (secondary N) is 2. The van der Waals surface area contributed by atoms with Crippen LogP contribution in [0.1, 0.15) is 25.7 Å². The molecule has 1 saturated carbocycles. The van der Waals surface area contributed by atoms with Gasteiger partial charge in [-0.1, -0.05) is 5.10 Å². The summed E-state index contributed by atoms with van der Waals surface area (Å²) in [6.07, 6.45) is 3.93. The molecule has 8 nitrogen and oxygen atoms in total. The van der Waals surface area contributed by atoms with Crippen LogP contribution >= 0.6 is 0 Å². The highest BCUT2D eigenvalue weighted by molar-refractivity contribution is 5.73. The zero-order valence-electron chi connectivity index (χ0n) is 11.5. The Morgan fingerprint density at radius 1 is 1.35 bits per heavy atom. The van der Waals surface area contributed by atoms with E-state index in [1.54, 1.807) is 0 Å². The minimum absolute atomic E-state index is 0.362. The summed E-state index contributed by atoms with van der Waals surface area (Å²) in [6.45, 7) is 0.820. The van der Waals surface area contributed by atoms with E-state index >= 15 is 0 Å². The third kappa shape index (κ3) is 2.47. The first-order valence-corrected chi connectivity index (χ1v) is 7.07. The van der Waals surface area contributed by atoms with E-state index in [0.29, 0.717) is 23.8 Å². The summed E-state index contributed by atoms with van der Waals surface area (Å²) >= 11 is 0. The number of aromatic amines is 1. The molecule has 0 unspecified atom stereocenters. The van der Waals surface area contributed by atoms with Crippen LogP contribution in [-0.2, 0) is 4.79 Å². The van der Waals surface area contributed by atoms with Gasteiger partial charge in [0, 0.05) is 13.1 Å². The Kier molecular flexibility index (Phi) is 3.56. The normalized spacial score (nSPS) is 33.5. The second kappa shape index (κ2) is 5.35. The van der Waals surface area contributed by atoms with Gasteiger partial charge in [-0.3, -0.25) is 4.79 Å². The maximum absolute atomic E-state index is 11.1. The number of carboxylic acid groups (broad SMARTS) is 1. The van der Waals surface area contributed by atoms with Gasteiger partial charge in [-0.05, 0) is 49.3 Å². The van der Waals surface area contributed by atoms with Crippen molar-refractivity contribution in [3.8, 4) is 0 Å². The standard InChI is InChI=1S/C12H20N6O2/c1-18(12-14-16-17-15-12)9-3-2-7-6-13-10(11(19)20)5-8(7)4-9/h7-10,13H,2-6H2,1H3,(H,19,20)(H,14,15,16,17)/t7-,8+,9-,10-/m1/s1. The highest BCUT2D eigenvalue weighted by atomic mass is 16.4. The van der Waals surface area contributed by atoms with E-state index in [9.17, 15) is 4.79 Å². The summed E-state index contributed by atoms with van der Waals surface area (Å²) in [6, 6.07) is -0.0353. The van der Waals surface area contributed by atoms with E-state index in [0.717, 1.165) is 32.2 Å². The lowest BCUT2D eigenvalue weighted by Gasteiger charge is -2.43. The predicted octanol–water partition coefficient (Wildman–Crippen LogP) is -0.133. The van der Waals surface area contributed by atoms with E-state index in [4.69, 9.17) is 5.11 Å². The maximum Gasteiger partial charge on any atom is 0.320 e. The summed E-state index contributed by atoms with van der Waals surface area (Å²) in [5.74, 6) is 0.931. The van der Waals surface area contributed by atoms with Gasteiger partial charge in [-0.25, -0.2) is 0 Å². The smallest absolute Gasteiger partial charge is 0.320 e. The van der Waals surface area contributed by atoms with E-state index in [1.165, 1.54) is 0 Å². The summed E-state index contributed by atoms with van der Waals surface area (Å²) in [4.78, 5) is 13.2. The Bertz CT molecular complexity index is 465. The average Bonchev–Trinajstić information content (AvgIpc) is 2.99. The molecular weight excluding hydrogens is 260 g/mol. The highest BCUT2D eigenvalue weighted by Crippen LogP contribution is 2.37. The second-order valence-electron chi connectivity index (χ2n) is 5.84. The topological polar surface area (TPSA) is 107 Å². The number of aromatic nitrogens is 4. The fourth-order valence-corrected chi connectivity index (χ4v) is 3.55. The number of fused-ring (bicyclic) bond motifs is 1. The van der Waals surface area contributed by atoms with Crippen LogP contribution in [-0.4, -0.2) is 57.4 Å². The quantitative estimate of drug-likeness (QED) is 0.707. The zero-order valence-corrected chi connectivity index (χ0v) is 11.5. The van der Waals surface area contributed by atoms with Gasteiger partial charge >= 0.3 is 5.97 Å². The number of hydrogen-bond donors (Lipinski definition) is 3. The number of carbonyl (C=O) groups is 1. The van der Waals surface area contributed by atoms with Crippen LogP contribution in [0.5, 0.6) is 0 Å². The molecule has 2 fully saturated rings.